The van der Waals surface area contributed by atoms with Gasteiger partial charge in [-0.2, -0.15) is 0 Å². The fraction of sp³-hybridized carbons (Fsp3) is 0.316. The number of halogens is 1. The van der Waals surface area contributed by atoms with E-state index < -0.39 is 0 Å². The highest BCUT2D eigenvalue weighted by Crippen LogP contribution is 2.28. The third kappa shape index (κ3) is 3.92. The van der Waals surface area contributed by atoms with E-state index in [0.717, 1.165) is 22.6 Å². The highest BCUT2D eigenvalue weighted by Gasteiger charge is 2.28. The maximum atomic E-state index is 5.81. The van der Waals surface area contributed by atoms with Gasteiger partial charge in [0.05, 0.1) is 12.1 Å². The molecule has 0 amide bonds. The minimum atomic E-state index is -0.148. The number of methoxy groups -OCH3 is 1. The van der Waals surface area contributed by atoms with Gasteiger partial charge < -0.3 is 9.47 Å². The molecule has 1 heterocycles. The van der Waals surface area contributed by atoms with E-state index >= 15 is 0 Å². The van der Waals surface area contributed by atoms with Gasteiger partial charge in [-0.05, 0) is 36.6 Å². The molecular formula is C19H22ClNO2. The van der Waals surface area contributed by atoms with Gasteiger partial charge in [-0.1, -0.05) is 42.5 Å². The Hall–Kier alpha value is -1.84. The van der Waals surface area contributed by atoms with Crippen LogP contribution in [-0.2, 0) is 16.1 Å². The molecule has 0 radical (unpaired) electrons. The first kappa shape index (κ1) is 17.5. The smallest absolute Gasteiger partial charge is 0.217 e. The van der Waals surface area contributed by atoms with Crippen LogP contribution in [0.3, 0.4) is 0 Å². The van der Waals surface area contributed by atoms with Gasteiger partial charge in [0.1, 0.15) is 6.61 Å². The summed E-state index contributed by atoms with van der Waals surface area (Å²) >= 11 is 0. The Morgan fingerprint density at radius 1 is 1.04 bits per heavy atom. The molecule has 0 aliphatic carbocycles. The van der Waals surface area contributed by atoms with E-state index in [1.165, 1.54) is 5.56 Å². The molecule has 0 aromatic heterocycles. The molecule has 4 heteroatoms. The Bertz CT molecular complexity index is 693. The predicted molar refractivity (Wildman–Crippen MR) is 96.4 cm³/mol. The van der Waals surface area contributed by atoms with Crippen LogP contribution in [0.25, 0.3) is 11.1 Å². The topological polar surface area (TPSA) is 30.8 Å². The molecule has 0 saturated heterocycles. The molecule has 122 valence electrons. The molecular weight excluding hydrogens is 310 g/mol. The molecule has 3 rings (SSSR count). The van der Waals surface area contributed by atoms with Gasteiger partial charge in [-0.25, -0.2) is 4.99 Å². The maximum absolute atomic E-state index is 5.81. The van der Waals surface area contributed by atoms with Gasteiger partial charge in [0.25, 0.3) is 0 Å². The Morgan fingerprint density at radius 2 is 1.70 bits per heavy atom. The molecule has 23 heavy (non-hydrogen) atoms. The van der Waals surface area contributed by atoms with E-state index in [-0.39, 0.29) is 17.9 Å². The zero-order valence-corrected chi connectivity index (χ0v) is 14.5. The Kier molecular flexibility index (Phi) is 5.45. The summed E-state index contributed by atoms with van der Waals surface area (Å²) < 4.78 is 11.0. The standard InChI is InChI=1S/C19H21NO2.ClH/c1-19(2)13-22-18(20-19)17-7-5-4-6-16(17)15-10-8-14(9-11-15)12-21-3;/h4-11H,12-13H2,1-3H3;1H. The SMILES string of the molecule is COCc1ccc(-c2ccccc2C2=NC(C)(C)CO2)cc1.Cl. The summed E-state index contributed by atoms with van der Waals surface area (Å²) in [5.74, 6) is 0.738. The van der Waals surface area contributed by atoms with E-state index in [4.69, 9.17) is 14.5 Å². The van der Waals surface area contributed by atoms with E-state index in [0.29, 0.717) is 13.2 Å². The number of ether oxygens (including phenoxy) is 2. The normalized spacial score (nSPS) is 15.5. The summed E-state index contributed by atoms with van der Waals surface area (Å²) in [7, 11) is 1.71. The molecule has 0 spiro atoms. The van der Waals surface area contributed by atoms with Crippen LogP contribution in [0.1, 0.15) is 25.0 Å². The van der Waals surface area contributed by atoms with Gasteiger partial charge in [0.15, 0.2) is 0 Å². The third-order valence-corrected chi connectivity index (χ3v) is 3.70. The summed E-state index contributed by atoms with van der Waals surface area (Å²) in [6, 6.07) is 16.7. The van der Waals surface area contributed by atoms with Crippen LogP contribution in [0.2, 0.25) is 0 Å². The summed E-state index contributed by atoms with van der Waals surface area (Å²) in [5, 5.41) is 0. The van der Waals surface area contributed by atoms with Crippen LogP contribution in [0.4, 0.5) is 0 Å². The number of hydrogen-bond acceptors (Lipinski definition) is 3. The quantitative estimate of drug-likeness (QED) is 0.827. The van der Waals surface area contributed by atoms with Crippen molar-refractivity contribution in [3.05, 3.63) is 59.7 Å². The average molecular weight is 332 g/mol. The molecule has 1 aliphatic heterocycles. The largest absolute Gasteiger partial charge is 0.475 e. The van der Waals surface area contributed by atoms with Crippen molar-refractivity contribution in [2.24, 2.45) is 4.99 Å². The lowest BCUT2D eigenvalue weighted by atomic mass is 9.98. The van der Waals surface area contributed by atoms with Crippen LogP contribution in [0, 0.1) is 0 Å². The van der Waals surface area contributed by atoms with Crippen molar-refractivity contribution in [1.29, 1.82) is 0 Å². The Balaban J connectivity index is 0.00000192. The summed E-state index contributed by atoms with van der Waals surface area (Å²) in [5.41, 5.74) is 4.37. The second-order valence-electron chi connectivity index (χ2n) is 6.19. The maximum Gasteiger partial charge on any atom is 0.217 e. The van der Waals surface area contributed by atoms with Crippen LogP contribution in [0.15, 0.2) is 53.5 Å². The van der Waals surface area contributed by atoms with Gasteiger partial charge in [0, 0.05) is 12.7 Å². The van der Waals surface area contributed by atoms with E-state index in [2.05, 4.69) is 50.2 Å². The Morgan fingerprint density at radius 3 is 2.26 bits per heavy atom. The van der Waals surface area contributed by atoms with Gasteiger partial charge in [-0.15, -0.1) is 12.4 Å². The summed E-state index contributed by atoms with van der Waals surface area (Å²) in [6.07, 6.45) is 0. The van der Waals surface area contributed by atoms with Crippen molar-refractivity contribution in [3.63, 3.8) is 0 Å². The molecule has 3 nitrogen and oxygen atoms in total. The molecule has 2 aromatic rings. The van der Waals surface area contributed by atoms with Crippen LogP contribution < -0.4 is 0 Å². The molecule has 0 bridgehead atoms. The van der Waals surface area contributed by atoms with Crippen molar-refractivity contribution < 1.29 is 9.47 Å². The molecule has 2 aromatic carbocycles. The number of benzene rings is 2. The lowest BCUT2D eigenvalue weighted by Gasteiger charge is -2.10. The summed E-state index contributed by atoms with van der Waals surface area (Å²) in [4.78, 5) is 4.70. The average Bonchev–Trinajstić information content (AvgIpc) is 2.88. The van der Waals surface area contributed by atoms with Crippen molar-refractivity contribution in [3.8, 4) is 11.1 Å². The second-order valence-corrected chi connectivity index (χ2v) is 6.19. The first-order valence-electron chi connectivity index (χ1n) is 7.49. The number of rotatable bonds is 4. The van der Waals surface area contributed by atoms with Gasteiger partial charge >= 0.3 is 0 Å². The second kappa shape index (κ2) is 7.16. The lowest BCUT2D eigenvalue weighted by Crippen LogP contribution is -2.17. The molecule has 0 saturated carbocycles. The van der Waals surface area contributed by atoms with Gasteiger partial charge in [-0.3, -0.25) is 0 Å². The van der Waals surface area contributed by atoms with E-state index in [9.17, 15) is 0 Å². The Labute approximate surface area is 143 Å². The highest BCUT2D eigenvalue weighted by molar-refractivity contribution is 6.01. The molecule has 0 fully saturated rings. The fourth-order valence-corrected chi connectivity index (χ4v) is 2.59. The number of aliphatic imine (C=N–C) groups is 1. The predicted octanol–water partition coefficient (Wildman–Crippen LogP) is 4.48. The monoisotopic (exact) mass is 331 g/mol. The lowest BCUT2D eigenvalue weighted by molar-refractivity contribution is 0.185. The molecule has 0 N–H and O–H groups in total. The fourth-order valence-electron chi connectivity index (χ4n) is 2.59. The zero-order valence-electron chi connectivity index (χ0n) is 13.7. The van der Waals surface area contributed by atoms with Crippen LogP contribution >= 0.6 is 12.4 Å². The minimum Gasteiger partial charge on any atom is -0.475 e. The van der Waals surface area contributed by atoms with Crippen molar-refractivity contribution in [1.82, 2.24) is 0 Å². The summed E-state index contributed by atoms with van der Waals surface area (Å²) in [6.45, 7) is 5.43. The number of hydrogen-bond donors (Lipinski definition) is 0. The zero-order chi connectivity index (χ0) is 15.6. The minimum absolute atomic E-state index is 0. The van der Waals surface area contributed by atoms with E-state index in [1.807, 2.05) is 12.1 Å². The van der Waals surface area contributed by atoms with Crippen LogP contribution in [-0.4, -0.2) is 25.2 Å². The first-order chi connectivity index (χ1) is 10.6. The third-order valence-electron chi connectivity index (χ3n) is 3.70. The first-order valence-corrected chi connectivity index (χ1v) is 7.49. The van der Waals surface area contributed by atoms with Crippen LogP contribution in [0.5, 0.6) is 0 Å². The number of nitrogens with zero attached hydrogens (tertiary/aromatic N) is 1. The molecule has 0 atom stereocenters. The molecule has 1 aliphatic rings. The van der Waals surface area contributed by atoms with Gasteiger partial charge in [0.2, 0.25) is 5.90 Å². The van der Waals surface area contributed by atoms with Crippen molar-refractivity contribution in [2.45, 2.75) is 26.0 Å². The van der Waals surface area contributed by atoms with Crippen molar-refractivity contribution in [2.75, 3.05) is 13.7 Å². The highest BCUT2D eigenvalue weighted by atomic mass is 35.5. The van der Waals surface area contributed by atoms with E-state index in [1.54, 1.807) is 7.11 Å². The van der Waals surface area contributed by atoms with Crippen molar-refractivity contribution >= 4 is 18.3 Å². The molecule has 0 unspecified atom stereocenters.